The number of carbonyl (C=O) groups excluding carboxylic acids is 1. The molecule has 16 heavy (non-hydrogen) atoms. The van der Waals surface area contributed by atoms with Crippen molar-refractivity contribution in [1.82, 2.24) is 0 Å². The average molecular weight is 226 g/mol. The van der Waals surface area contributed by atoms with Crippen LogP contribution in [0.3, 0.4) is 0 Å². The topological polar surface area (TPSA) is 87.0 Å². The fraction of sp³-hybridized carbons (Fsp3) is 0.364. The molecule has 0 aliphatic heterocycles. The third-order valence-corrected chi connectivity index (χ3v) is 1.99. The lowest BCUT2D eigenvalue weighted by atomic mass is 10.1. The molecular formula is C11H14O5. The predicted molar refractivity (Wildman–Crippen MR) is 56.0 cm³/mol. The Morgan fingerprint density at radius 2 is 2.06 bits per heavy atom. The summed E-state index contributed by atoms with van der Waals surface area (Å²) in [5, 5.41) is 27.8. The molecule has 0 saturated heterocycles. The Hall–Kier alpha value is -1.75. The minimum atomic E-state index is -1.45. The van der Waals surface area contributed by atoms with Crippen molar-refractivity contribution < 1.29 is 24.9 Å². The summed E-state index contributed by atoms with van der Waals surface area (Å²) < 4.78 is 4.74. The number of aromatic hydroxyl groups is 2. The van der Waals surface area contributed by atoms with E-state index in [0.717, 1.165) is 6.07 Å². The average Bonchev–Trinajstić information content (AvgIpc) is 2.28. The molecule has 0 fully saturated rings. The molecule has 1 aromatic rings. The van der Waals surface area contributed by atoms with Crippen molar-refractivity contribution in [2.75, 3.05) is 6.61 Å². The van der Waals surface area contributed by atoms with Gasteiger partial charge in [-0.25, -0.2) is 4.79 Å². The number of ether oxygens (including phenoxy) is 1. The second-order valence-electron chi connectivity index (χ2n) is 3.32. The van der Waals surface area contributed by atoms with Crippen LogP contribution < -0.4 is 0 Å². The zero-order valence-corrected chi connectivity index (χ0v) is 8.88. The summed E-state index contributed by atoms with van der Waals surface area (Å²) in [5.41, 5.74) is 0.177. The Bertz CT molecular complexity index is 375. The van der Waals surface area contributed by atoms with Gasteiger partial charge < -0.3 is 20.1 Å². The van der Waals surface area contributed by atoms with Crippen LogP contribution in [0.4, 0.5) is 0 Å². The third kappa shape index (κ3) is 2.87. The van der Waals surface area contributed by atoms with E-state index in [9.17, 15) is 15.0 Å². The Labute approximate surface area is 92.9 Å². The van der Waals surface area contributed by atoms with E-state index in [0.29, 0.717) is 6.42 Å². The van der Waals surface area contributed by atoms with Crippen LogP contribution >= 0.6 is 0 Å². The van der Waals surface area contributed by atoms with Crippen molar-refractivity contribution in [2.24, 2.45) is 0 Å². The Morgan fingerprint density at radius 3 is 2.62 bits per heavy atom. The van der Waals surface area contributed by atoms with E-state index in [1.54, 1.807) is 0 Å². The van der Waals surface area contributed by atoms with Gasteiger partial charge in [0.1, 0.15) is 0 Å². The molecule has 0 heterocycles. The molecule has 5 nitrogen and oxygen atoms in total. The van der Waals surface area contributed by atoms with Crippen LogP contribution in [0.5, 0.6) is 11.5 Å². The number of rotatable bonds is 4. The number of hydrogen-bond donors (Lipinski definition) is 3. The molecule has 0 saturated carbocycles. The van der Waals surface area contributed by atoms with Crippen LogP contribution in [0.25, 0.3) is 0 Å². The molecule has 0 amide bonds. The molecule has 0 bridgehead atoms. The molecule has 0 aliphatic rings. The molecule has 3 N–H and O–H groups in total. The monoisotopic (exact) mass is 226 g/mol. The van der Waals surface area contributed by atoms with Crippen LogP contribution in [-0.4, -0.2) is 27.9 Å². The maximum atomic E-state index is 11.3. The summed E-state index contributed by atoms with van der Waals surface area (Å²) in [4.78, 5) is 11.3. The summed E-state index contributed by atoms with van der Waals surface area (Å²) in [5.74, 6) is -1.47. The zero-order chi connectivity index (χ0) is 12.1. The molecule has 5 heteroatoms. The van der Waals surface area contributed by atoms with Gasteiger partial charge in [0.15, 0.2) is 17.6 Å². The first-order chi connectivity index (χ1) is 7.56. The van der Waals surface area contributed by atoms with E-state index in [1.165, 1.54) is 12.1 Å². The normalized spacial score (nSPS) is 12.1. The number of phenols is 2. The first-order valence-corrected chi connectivity index (χ1v) is 4.92. The van der Waals surface area contributed by atoms with E-state index in [-0.39, 0.29) is 23.7 Å². The quantitative estimate of drug-likeness (QED) is 0.528. The Morgan fingerprint density at radius 1 is 1.38 bits per heavy atom. The van der Waals surface area contributed by atoms with Crippen molar-refractivity contribution in [3.63, 3.8) is 0 Å². The van der Waals surface area contributed by atoms with Crippen molar-refractivity contribution in [2.45, 2.75) is 19.4 Å². The molecular weight excluding hydrogens is 212 g/mol. The van der Waals surface area contributed by atoms with E-state index >= 15 is 0 Å². The molecule has 1 aromatic carbocycles. The largest absolute Gasteiger partial charge is 0.504 e. The lowest BCUT2D eigenvalue weighted by Gasteiger charge is -2.11. The molecule has 1 atom stereocenters. The highest BCUT2D eigenvalue weighted by atomic mass is 16.5. The molecule has 0 radical (unpaired) electrons. The lowest BCUT2D eigenvalue weighted by molar-refractivity contribution is -0.153. The van der Waals surface area contributed by atoms with Crippen LogP contribution in [0, 0.1) is 0 Å². The first-order valence-electron chi connectivity index (χ1n) is 4.92. The van der Waals surface area contributed by atoms with Crippen LogP contribution in [0.1, 0.15) is 25.0 Å². The highest BCUT2D eigenvalue weighted by Gasteiger charge is 2.19. The van der Waals surface area contributed by atoms with Crippen molar-refractivity contribution >= 4 is 5.97 Å². The highest BCUT2D eigenvalue weighted by molar-refractivity contribution is 5.76. The van der Waals surface area contributed by atoms with Crippen LogP contribution in [0.2, 0.25) is 0 Å². The van der Waals surface area contributed by atoms with Gasteiger partial charge in [-0.2, -0.15) is 0 Å². The van der Waals surface area contributed by atoms with Crippen molar-refractivity contribution in [1.29, 1.82) is 0 Å². The number of hydrogen-bond acceptors (Lipinski definition) is 5. The summed E-state index contributed by atoms with van der Waals surface area (Å²) in [7, 11) is 0. The van der Waals surface area contributed by atoms with E-state index < -0.39 is 12.1 Å². The van der Waals surface area contributed by atoms with Crippen LogP contribution in [-0.2, 0) is 9.53 Å². The molecule has 0 spiro atoms. The Kier molecular flexibility index (Phi) is 4.13. The molecule has 1 rings (SSSR count). The van der Waals surface area contributed by atoms with Crippen LogP contribution in [0.15, 0.2) is 18.2 Å². The fourth-order valence-corrected chi connectivity index (χ4v) is 1.13. The predicted octanol–water partition coefficient (Wildman–Crippen LogP) is 1.08. The van der Waals surface area contributed by atoms with Crippen molar-refractivity contribution in [3.05, 3.63) is 23.8 Å². The highest BCUT2D eigenvalue weighted by Crippen LogP contribution is 2.28. The molecule has 0 aliphatic carbocycles. The molecule has 88 valence electrons. The summed E-state index contributed by atoms with van der Waals surface area (Å²) in [6.45, 7) is 2.08. The smallest absolute Gasteiger partial charge is 0.339 e. The van der Waals surface area contributed by atoms with E-state index in [4.69, 9.17) is 9.84 Å². The minimum absolute atomic E-state index is 0.177. The van der Waals surface area contributed by atoms with Gasteiger partial charge in [-0.05, 0) is 24.1 Å². The van der Waals surface area contributed by atoms with E-state index in [2.05, 4.69) is 0 Å². The van der Waals surface area contributed by atoms with Gasteiger partial charge in [0.05, 0.1) is 6.61 Å². The van der Waals surface area contributed by atoms with Gasteiger partial charge in [-0.1, -0.05) is 13.0 Å². The number of benzene rings is 1. The van der Waals surface area contributed by atoms with Gasteiger partial charge in [-0.3, -0.25) is 0 Å². The van der Waals surface area contributed by atoms with E-state index in [1.807, 2.05) is 6.92 Å². The Balaban J connectivity index is 2.75. The third-order valence-electron chi connectivity index (χ3n) is 1.99. The van der Waals surface area contributed by atoms with Gasteiger partial charge in [-0.15, -0.1) is 0 Å². The second-order valence-corrected chi connectivity index (χ2v) is 3.32. The van der Waals surface area contributed by atoms with Gasteiger partial charge >= 0.3 is 5.97 Å². The minimum Gasteiger partial charge on any atom is -0.504 e. The maximum absolute atomic E-state index is 11.3. The second kappa shape index (κ2) is 5.37. The van der Waals surface area contributed by atoms with Gasteiger partial charge in [0.25, 0.3) is 0 Å². The lowest BCUT2D eigenvalue weighted by Crippen LogP contribution is -2.15. The molecule has 0 aromatic heterocycles. The summed E-state index contributed by atoms with van der Waals surface area (Å²) in [6.07, 6.45) is -0.780. The fourth-order valence-electron chi connectivity index (χ4n) is 1.13. The van der Waals surface area contributed by atoms with Gasteiger partial charge in [0.2, 0.25) is 0 Å². The number of esters is 1. The number of phenolic OH excluding ortho intramolecular Hbond substituents is 2. The van der Waals surface area contributed by atoms with Crippen molar-refractivity contribution in [3.8, 4) is 11.5 Å². The number of carbonyl (C=O) groups is 1. The first kappa shape index (κ1) is 12.3. The van der Waals surface area contributed by atoms with Gasteiger partial charge in [0, 0.05) is 0 Å². The molecule has 0 unspecified atom stereocenters. The maximum Gasteiger partial charge on any atom is 0.339 e. The summed E-state index contributed by atoms with van der Waals surface area (Å²) in [6, 6.07) is 3.65. The zero-order valence-electron chi connectivity index (χ0n) is 8.88. The standard InChI is InChI=1S/C11H14O5/c1-2-5-16-11(15)10(14)7-3-4-8(12)9(13)6-7/h3-4,6,10,12-14H,2,5H2,1H3/t10-/m1/s1. The number of aliphatic hydroxyl groups is 1. The SMILES string of the molecule is CCCOC(=O)[C@H](O)c1ccc(O)c(O)c1. The number of aliphatic hydroxyl groups excluding tert-OH is 1. The summed E-state index contributed by atoms with van der Waals surface area (Å²) >= 11 is 0.